The molecule has 8 N–H and O–H groups in total. The number of phenolic OH excluding ortho intramolecular Hbond substituents is 1. The van der Waals surface area contributed by atoms with Crippen LogP contribution in [0.5, 0.6) is 5.75 Å². The summed E-state index contributed by atoms with van der Waals surface area (Å²) in [5.74, 6) is -2.87. The molecule has 0 spiro atoms. The van der Waals surface area contributed by atoms with E-state index in [1.54, 1.807) is 23.9 Å². The predicted molar refractivity (Wildman–Crippen MR) is 215 cm³/mol. The van der Waals surface area contributed by atoms with Crippen LogP contribution in [0.15, 0.2) is 54.6 Å². The number of carbonyl (C=O) groups excluding carboxylic acids is 5. The molecule has 1 heterocycles. The van der Waals surface area contributed by atoms with Crippen molar-refractivity contribution in [1.82, 2.24) is 26.2 Å². The van der Waals surface area contributed by atoms with Gasteiger partial charge in [0.2, 0.25) is 29.5 Å². The van der Waals surface area contributed by atoms with Crippen LogP contribution in [0.25, 0.3) is 0 Å². The zero-order chi connectivity index (χ0) is 40.5. The van der Waals surface area contributed by atoms with Crippen LogP contribution in [0.4, 0.5) is 0 Å². The Labute approximate surface area is 331 Å². The van der Waals surface area contributed by atoms with Crippen molar-refractivity contribution in [2.24, 2.45) is 11.7 Å². The minimum absolute atomic E-state index is 0.0128. The molecule has 3 rings (SSSR count). The fourth-order valence-electron chi connectivity index (χ4n) is 6.29. The highest BCUT2D eigenvalue weighted by Crippen LogP contribution is 2.22. The van der Waals surface area contributed by atoms with Crippen LogP contribution < -0.4 is 27.0 Å². The fraction of sp³-hybridized carbons (Fsp3) is 0.538. The Bertz CT molecular complexity index is 1580. The number of aromatic hydroxyl groups is 1. The zero-order valence-electron chi connectivity index (χ0n) is 32.0. The van der Waals surface area contributed by atoms with Gasteiger partial charge in [-0.1, -0.05) is 56.3 Å². The second kappa shape index (κ2) is 22.9. The molecule has 0 aliphatic carbocycles. The summed E-state index contributed by atoms with van der Waals surface area (Å²) in [6, 6.07) is 9.01. The van der Waals surface area contributed by atoms with Gasteiger partial charge in [0.05, 0.1) is 6.04 Å². The van der Waals surface area contributed by atoms with Crippen molar-refractivity contribution in [3.05, 3.63) is 65.7 Å². The zero-order valence-corrected chi connectivity index (χ0v) is 33.6. The number of rotatable bonds is 22. The van der Waals surface area contributed by atoms with Gasteiger partial charge in [0.25, 0.3) is 0 Å². The first-order chi connectivity index (χ1) is 26.2. The molecule has 2 aromatic rings. The summed E-state index contributed by atoms with van der Waals surface area (Å²) in [4.78, 5) is 82.2. The van der Waals surface area contributed by atoms with E-state index in [0.29, 0.717) is 36.3 Å². The fourth-order valence-corrected chi connectivity index (χ4v) is 7.25. The average molecular weight is 801 g/mol. The predicted octanol–water partition coefficient (Wildman–Crippen LogP) is 2.07. The molecule has 55 heavy (non-hydrogen) atoms. The van der Waals surface area contributed by atoms with Gasteiger partial charge >= 0.3 is 5.97 Å². The van der Waals surface area contributed by atoms with Crippen molar-refractivity contribution in [2.75, 3.05) is 30.6 Å². The Hall–Kier alpha value is -4.28. The van der Waals surface area contributed by atoms with Crippen LogP contribution in [0.2, 0.25) is 0 Å². The third-order valence-electron chi connectivity index (χ3n) is 9.28. The van der Waals surface area contributed by atoms with Crippen LogP contribution in [-0.4, -0.2) is 117 Å². The highest BCUT2D eigenvalue weighted by atomic mass is 32.2. The maximum absolute atomic E-state index is 14.2. The molecule has 14 nitrogen and oxygen atoms in total. The lowest BCUT2D eigenvalue weighted by Crippen LogP contribution is -2.60. The van der Waals surface area contributed by atoms with Gasteiger partial charge in [0, 0.05) is 19.4 Å². The Morgan fingerprint density at radius 1 is 0.764 bits per heavy atom. The van der Waals surface area contributed by atoms with E-state index < -0.39 is 71.8 Å². The summed E-state index contributed by atoms with van der Waals surface area (Å²) in [7, 11) is 0. The van der Waals surface area contributed by atoms with E-state index in [4.69, 9.17) is 5.73 Å². The molecule has 1 fully saturated rings. The van der Waals surface area contributed by atoms with E-state index in [0.717, 1.165) is 5.56 Å². The number of hydrogen-bond donors (Lipinski definition) is 7. The molecule has 1 aliphatic heterocycles. The summed E-state index contributed by atoms with van der Waals surface area (Å²) < 4.78 is 0. The Morgan fingerprint density at radius 3 is 1.87 bits per heavy atom. The maximum Gasteiger partial charge on any atom is 0.326 e. The number of likely N-dealkylation sites (tertiary alicyclic amines) is 1. The number of nitrogens with two attached hydrogens (primary N) is 1. The molecule has 1 aliphatic rings. The smallest absolute Gasteiger partial charge is 0.326 e. The maximum atomic E-state index is 14.2. The standard InChI is InChI=1S/C39H56N6O8S2/c1-24(2)21-32(38(51)45-18-8-11-33(45)37(50)41-29(39(52)53)17-20-55-4)44-36(49)31(23-26-12-14-27(46)15-13-26)43-35(48)30(22-25-9-6-5-7-10-25)42-34(47)28(40)16-19-54-3/h5-7,9-10,12-15,24,28-33,46H,8,11,16-23,40H2,1-4H3,(H,41,50)(H,42,47)(H,43,48)(H,44,49)(H,52,53)/t28-,29-,30-,31-,32-,33-/m0/s1. The van der Waals surface area contributed by atoms with Gasteiger partial charge in [-0.15, -0.1) is 0 Å². The number of nitrogens with zero attached hydrogens (tertiary/aromatic N) is 1. The largest absolute Gasteiger partial charge is 0.508 e. The van der Waals surface area contributed by atoms with Gasteiger partial charge in [-0.3, -0.25) is 24.0 Å². The molecule has 0 unspecified atom stereocenters. The number of carbonyl (C=O) groups is 6. The molecular weight excluding hydrogens is 745 g/mol. The lowest BCUT2D eigenvalue weighted by Gasteiger charge is -2.31. The quantitative estimate of drug-likeness (QED) is 0.0914. The number of nitrogens with one attached hydrogen (secondary N) is 4. The van der Waals surface area contributed by atoms with Crippen LogP contribution in [0, 0.1) is 5.92 Å². The number of amides is 5. The third kappa shape index (κ3) is 14.7. The highest BCUT2D eigenvalue weighted by Gasteiger charge is 2.40. The van der Waals surface area contributed by atoms with Crippen LogP contribution in [-0.2, 0) is 41.6 Å². The third-order valence-corrected chi connectivity index (χ3v) is 10.6. The van der Waals surface area contributed by atoms with Gasteiger partial charge in [-0.25, -0.2) is 4.79 Å². The minimum Gasteiger partial charge on any atom is -0.508 e. The number of thioether (sulfide) groups is 2. The molecule has 0 aromatic heterocycles. The molecule has 1 saturated heterocycles. The molecule has 302 valence electrons. The van der Waals surface area contributed by atoms with E-state index >= 15 is 0 Å². The van der Waals surface area contributed by atoms with E-state index in [2.05, 4.69) is 21.3 Å². The SMILES string of the molecule is CSCC[C@H](NC(=O)[C@@H]1CCCN1C(=O)[C@H](CC(C)C)NC(=O)[C@H](Cc1ccc(O)cc1)NC(=O)[C@H](Cc1ccccc1)NC(=O)[C@@H](N)CCSC)C(=O)O. The van der Waals surface area contributed by atoms with Crippen molar-refractivity contribution in [3.63, 3.8) is 0 Å². The van der Waals surface area contributed by atoms with Gasteiger partial charge in [-0.2, -0.15) is 23.5 Å². The van der Waals surface area contributed by atoms with Gasteiger partial charge in [0.15, 0.2) is 0 Å². The molecule has 0 bridgehead atoms. The molecule has 16 heteroatoms. The first-order valence-electron chi connectivity index (χ1n) is 18.5. The van der Waals surface area contributed by atoms with Crippen molar-refractivity contribution in [2.45, 2.75) is 95.0 Å². The molecular formula is C39H56N6O8S2. The normalized spacial score (nSPS) is 16.7. The monoisotopic (exact) mass is 800 g/mol. The Balaban J connectivity index is 1.88. The average Bonchev–Trinajstić information content (AvgIpc) is 3.65. The summed E-state index contributed by atoms with van der Waals surface area (Å²) >= 11 is 3.01. The summed E-state index contributed by atoms with van der Waals surface area (Å²) in [6.45, 7) is 4.03. The van der Waals surface area contributed by atoms with Gasteiger partial charge < -0.3 is 42.1 Å². The van der Waals surface area contributed by atoms with E-state index in [1.165, 1.54) is 28.8 Å². The summed E-state index contributed by atoms with van der Waals surface area (Å²) in [5, 5.41) is 30.6. The molecule has 0 saturated carbocycles. The number of phenols is 1. The van der Waals surface area contributed by atoms with Crippen LogP contribution >= 0.6 is 23.5 Å². The number of carboxylic acids is 1. The first-order valence-corrected chi connectivity index (χ1v) is 21.3. The lowest BCUT2D eigenvalue weighted by atomic mass is 9.99. The molecule has 0 radical (unpaired) electrons. The van der Waals surface area contributed by atoms with Crippen molar-refractivity contribution in [3.8, 4) is 5.75 Å². The lowest BCUT2D eigenvalue weighted by molar-refractivity contribution is -0.145. The van der Waals surface area contributed by atoms with Crippen molar-refractivity contribution in [1.29, 1.82) is 0 Å². The van der Waals surface area contributed by atoms with E-state index in [9.17, 15) is 39.0 Å². The minimum atomic E-state index is -1.22. The highest BCUT2D eigenvalue weighted by molar-refractivity contribution is 7.98. The molecule has 6 atom stereocenters. The van der Waals surface area contributed by atoms with Crippen LogP contribution in [0.1, 0.15) is 57.1 Å². The topological polar surface area (TPSA) is 220 Å². The number of benzene rings is 2. The number of carboxylic acid groups (broad SMARTS) is 1. The van der Waals surface area contributed by atoms with Crippen molar-refractivity contribution >= 4 is 59.0 Å². The van der Waals surface area contributed by atoms with Crippen molar-refractivity contribution < 1.29 is 39.0 Å². The molecule has 2 aromatic carbocycles. The second-order valence-corrected chi connectivity index (χ2v) is 16.1. The summed E-state index contributed by atoms with van der Waals surface area (Å²) in [5.41, 5.74) is 7.52. The van der Waals surface area contributed by atoms with Gasteiger partial charge in [-0.05, 0) is 85.3 Å². The van der Waals surface area contributed by atoms with Gasteiger partial charge in [0.1, 0.15) is 36.0 Å². The van der Waals surface area contributed by atoms with E-state index in [-0.39, 0.29) is 43.9 Å². The Kier molecular flexibility index (Phi) is 18.8. The second-order valence-electron chi connectivity index (χ2n) is 14.1. The summed E-state index contributed by atoms with van der Waals surface area (Å²) in [6.07, 6.45) is 5.56. The number of hydrogen-bond acceptors (Lipinski definition) is 10. The molecule has 5 amide bonds. The first kappa shape index (κ1) is 45.1. The van der Waals surface area contributed by atoms with E-state index in [1.807, 2.05) is 56.7 Å². The number of aliphatic carboxylic acids is 1. The Morgan fingerprint density at radius 2 is 1.31 bits per heavy atom. The van der Waals surface area contributed by atoms with Crippen LogP contribution in [0.3, 0.4) is 0 Å².